The zero-order chi connectivity index (χ0) is 11.5. The summed E-state index contributed by atoms with van der Waals surface area (Å²) in [6.07, 6.45) is 8.73. The summed E-state index contributed by atoms with van der Waals surface area (Å²) in [4.78, 5) is 4.37. The maximum atomic E-state index is 5.69. The average molecular weight is 222 g/mol. The van der Waals surface area contributed by atoms with Crippen molar-refractivity contribution in [1.29, 1.82) is 0 Å². The van der Waals surface area contributed by atoms with Crippen LogP contribution in [-0.4, -0.2) is 15.6 Å². The Hall–Kier alpha value is -0.870. The van der Waals surface area contributed by atoms with E-state index in [4.69, 9.17) is 5.84 Å². The van der Waals surface area contributed by atoms with Crippen LogP contribution in [0.3, 0.4) is 0 Å². The Labute approximate surface area is 97.2 Å². The molecular weight excluding hydrogens is 200 g/mol. The number of nitrogens with two attached hydrogens (primary N) is 1. The minimum atomic E-state index is 0.360. The van der Waals surface area contributed by atoms with Crippen molar-refractivity contribution < 1.29 is 0 Å². The molecule has 1 aromatic rings. The molecule has 0 amide bonds. The van der Waals surface area contributed by atoms with E-state index in [0.717, 1.165) is 18.2 Å². The second-order valence-corrected chi connectivity index (χ2v) is 5.00. The number of rotatable bonds is 4. The van der Waals surface area contributed by atoms with Gasteiger partial charge in [-0.15, -0.1) is 0 Å². The van der Waals surface area contributed by atoms with Gasteiger partial charge >= 0.3 is 0 Å². The summed E-state index contributed by atoms with van der Waals surface area (Å²) in [6, 6.07) is 0.360. The smallest absolute Gasteiger partial charge is 0.109 e. The van der Waals surface area contributed by atoms with Gasteiger partial charge in [0.2, 0.25) is 0 Å². The lowest BCUT2D eigenvalue weighted by Crippen LogP contribution is -2.43. The topological polar surface area (TPSA) is 55.9 Å². The number of hydrogen-bond donors (Lipinski definition) is 2. The molecule has 16 heavy (non-hydrogen) atoms. The molecule has 4 heteroatoms. The zero-order valence-corrected chi connectivity index (χ0v) is 10.2. The van der Waals surface area contributed by atoms with Crippen LogP contribution in [0.2, 0.25) is 0 Å². The van der Waals surface area contributed by atoms with Crippen molar-refractivity contribution >= 4 is 0 Å². The van der Waals surface area contributed by atoms with Crippen LogP contribution >= 0.6 is 0 Å². The largest absolute Gasteiger partial charge is 0.338 e. The molecule has 1 aliphatic carbocycles. The Bertz CT molecular complexity index is 334. The molecule has 0 spiro atoms. The fraction of sp³-hybridized carbons (Fsp3) is 0.750. The summed E-state index contributed by atoms with van der Waals surface area (Å²) in [5, 5.41) is 0. The lowest BCUT2D eigenvalue weighted by Gasteiger charge is -2.26. The van der Waals surface area contributed by atoms with Crippen LogP contribution in [0, 0.1) is 11.8 Å². The number of hydrazine groups is 1. The number of nitrogens with one attached hydrogen (secondary N) is 1. The van der Waals surface area contributed by atoms with Gasteiger partial charge in [-0.3, -0.25) is 11.3 Å². The van der Waals surface area contributed by atoms with E-state index in [1.54, 1.807) is 0 Å². The lowest BCUT2D eigenvalue weighted by molar-refractivity contribution is 0.293. The highest BCUT2D eigenvalue weighted by Gasteiger charge is 2.30. The molecule has 0 bridgehead atoms. The summed E-state index contributed by atoms with van der Waals surface area (Å²) in [5.41, 5.74) is 2.99. The monoisotopic (exact) mass is 222 g/mol. The van der Waals surface area contributed by atoms with E-state index in [2.05, 4.69) is 21.9 Å². The number of hydrogen-bond acceptors (Lipinski definition) is 3. The predicted molar refractivity (Wildman–Crippen MR) is 64.5 cm³/mol. The SMILES string of the molecule is CC1CCCC1C(Cc1nccn1C)NN. The minimum Gasteiger partial charge on any atom is -0.338 e. The maximum Gasteiger partial charge on any atom is 0.109 e. The number of aromatic nitrogens is 2. The summed E-state index contributed by atoms with van der Waals surface area (Å²) in [6.45, 7) is 2.33. The predicted octanol–water partition coefficient (Wildman–Crippen LogP) is 1.23. The van der Waals surface area contributed by atoms with E-state index in [1.807, 2.05) is 19.4 Å². The van der Waals surface area contributed by atoms with Crippen LogP contribution in [0.4, 0.5) is 0 Å². The second kappa shape index (κ2) is 4.97. The number of aryl methyl sites for hydroxylation is 1. The van der Waals surface area contributed by atoms with Crippen LogP contribution in [-0.2, 0) is 13.5 Å². The third-order valence-electron chi connectivity index (χ3n) is 3.98. The van der Waals surface area contributed by atoms with Gasteiger partial charge in [-0.25, -0.2) is 4.98 Å². The maximum absolute atomic E-state index is 5.69. The van der Waals surface area contributed by atoms with Crippen LogP contribution < -0.4 is 11.3 Å². The summed E-state index contributed by atoms with van der Waals surface area (Å²) >= 11 is 0. The first-order valence-corrected chi connectivity index (χ1v) is 6.14. The van der Waals surface area contributed by atoms with Gasteiger partial charge in [0.15, 0.2) is 0 Å². The van der Waals surface area contributed by atoms with E-state index >= 15 is 0 Å². The molecule has 1 fully saturated rings. The van der Waals surface area contributed by atoms with Crippen molar-refractivity contribution in [2.45, 2.75) is 38.6 Å². The standard InChI is InChI=1S/C12H22N4/c1-9-4-3-5-10(9)11(15-13)8-12-14-6-7-16(12)2/h6-7,9-11,15H,3-5,8,13H2,1-2H3. The molecule has 0 aromatic carbocycles. The van der Waals surface area contributed by atoms with Crippen molar-refractivity contribution in [1.82, 2.24) is 15.0 Å². The van der Waals surface area contributed by atoms with Gasteiger partial charge in [0.1, 0.15) is 5.82 Å². The zero-order valence-electron chi connectivity index (χ0n) is 10.2. The lowest BCUT2D eigenvalue weighted by atomic mass is 9.88. The molecule has 3 unspecified atom stereocenters. The van der Waals surface area contributed by atoms with Gasteiger partial charge < -0.3 is 4.57 Å². The molecule has 0 radical (unpaired) electrons. The molecule has 1 aliphatic rings. The quantitative estimate of drug-likeness (QED) is 0.595. The highest BCUT2D eigenvalue weighted by atomic mass is 15.2. The number of nitrogens with zero attached hydrogens (tertiary/aromatic N) is 2. The van der Waals surface area contributed by atoms with Crippen molar-refractivity contribution in [3.63, 3.8) is 0 Å². The van der Waals surface area contributed by atoms with E-state index in [0.29, 0.717) is 12.0 Å². The molecule has 90 valence electrons. The summed E-state index contributed by atoms with van der Waals surface area (Å²) < 4.78 is 2.07. The van der Waals surface area contributed by atoms with Gasteiger partial charge in [-0.05, 0) is 18.3 Å². The third kappa shape index (κ3) is 2.28. The van der Waals surface area contributed by atoms with Gasteiger partial charge in [0.05, 0.1) is 0 Å². The Morgan fingerprint density at radius 1 is 1.62 bits per heavy atom. The molecule has 2 rings (SSSR count). The highest BCUT2D eigenvalue weighted by molar-refractivity contribution is 4.97. The fourth-order valence-electron chi connectivity index (χ4n) is 2.90. The van der Waals surface area contributed by atoms with Crippen molar-refractivity contribution in [3.8, 4) is 0 Å². The summed E-state index contributed by atoms with van der Waals surface area (Å²) in [5.74, 6) is 8.28. The third-order valence-corrected chi connectivity index (χ3v) is 3.98. The first-order chi connectivity index (χ1) is 7.72. The Balaban J connectivity index is 2.03. The van der Waals surface area contributed by atoms with Gasteiger partial charge in [0.25, 0.3) is 0 Å². The number of imidazole rings is 1. The van der Waals surface area contributed by atoms with E-state index in [9.17, 15) is 0 Å². The first kappa shape index (κ1) is 11.6. The van der Waals surface area contributed by atoms with Gasteiger partial charge in [-0.1, -0.05) is 19.8 Å². The van der Waals surface area contributed by atoms with Crippen LogP contribution in [0.15, 0.2) is 12.4 Å². The summed E-state index contributed by atoms with van der Waals surface area (Å²) in [7, 11) is 2.04. The van der Waals surface area contributed by atoms with E-state index in [1.165, 1.54) is 19.3 Å². The van der Waals surface area contributed by atoms with Crippen molar-refractivity contribution in [2.24, 2.45) is 24.7 Å². The minimum absolute atomic E-state index is 0.360. The Morgan fingerprint density at radius 3 is 2.94 bits per heavy atom. The molecule has 4 nitrogen and oxygen atoms in total. The highest BCUT2D eigenvalue weighted by Crippen LogP contribution is 2.34. The average Bonchev–Trinajstić information content (AvgIpc) is 2.85. The molecule has 1 saturated carbocycles. The van der Waals surface area contributed by atoms with Crippen LogP contribution in [0.5, 0.6) is 0 Å². The van der Waals surface area contributed by atoms with E-state index in [-0.39, 0.29) is 0 Å². The van der Waals surface area contributed by atoms with Gasteiger partial charge in [-0.2, -0.15) is 0 Å². The molecule has 3 atom stereocenters. The first-order valence-electron chi connectivity index (χ1n) is 6.14. The Morgan fingerprint density at radius 2 is 2.44 bits per heavy atom. The molecule has 3 N–H and O–H groups in total. The molecule has 1 heterocycles. The molecule has 0 saturated heterocycles. The molecule has 1 aromatic heterocycles. The van der Waals surface area contributed by atoms with Crippen molar-refractivity contribution in [3.05, 3.63) is 18.2 Å². The van der Waals surface area contributed by atoms with Crippen molar-refractivity contribution in [2.75, 3.05) is 0 Å². The second-order valence-electron chi connectivity index (χ2n) is 5.00. The normalized spacial score (nSPS) is 27.2. The van der Waals surface area contributed by atoms with Gasteiger partial charge in [0, 0.05) is 31.9 Å². The van der Waals surface area contributed by atoms with Crippen LogP contribution in [0.1, 0.15) is 32.0 Å². The van der Waals surface area contributed by atoms with E-state index < -0.39 is 0 Å². The fourth-order valence-corrected chi connectivity index (χ4v) is 2.90. The van der Waals surface area contributed by atoms with Crippen LogP contribution in [0.25, 0.3) is 0 Å². The Kier molecular flexibility index (Phi) is 3.61. The molecule has 0 aliphatic heterocycles. The molecular formula is C12H22N4.